The third-order valence-corrected chi connectivity index (χ3v) is 1.96. The molecule has 0 atom stereocenters. The van der Waals surface area contributed by atoms with Crippen molar-refractivity contribution < 1.29 is 4.79 Å². The van der Waals surface area contributed by atoms with Gasteiger partial charge in [-0.15, -0.1) is 12.4 Å². The van der Waals surface area contributed by atoms with Crippen molar-refractivity contribution in [2.45, 2.75) is 0 Å². The number of nitrogens with zero attached hydrogens (tertiary/aromatic N) is 1. The van der Waals surface area contributed by atoms with Crippen LogP contribution < -0.4 is 10.6 Å². The highest BCUT2D eigenvalue weighted by Gasteiger charge is 2.08. The van der Waals surface area contributed by atoms with Gasteiger partial charge in [-0.05, 0) is 12.1 Å². The van der Waals surface area contributed by atoms with Crippen molar-refractivity contribution in [1.82, 2.24) is 5.32 Å². The number of aliphatic imine (C=N–C) groups is 1. The Balaban J connectivity index is 0.00000128. The molecule has 0 saturated carbocycles. The van der Waals surface area contributed by atoms with Gasteiger partial charge in [0.25, 0.3) is 5.91 Å². The molecule has 0 unspecified atom stereocenters. The summed E-state index contributed by atoms with van der Waals surface area (Å²) in [5, 5.41) is 5.65. The van der Waals surface area contributed by atoms with E-state index in [2.05, 4.69) is 15.6 Å². The van der Waals surface area contributed by atoms with Crippen LogP contribution in [0.4, 0.5) is 5.69 Å². The van der Waals surface area contributed by atoms with Crippen molar-refractivity contribution in [1.29, 1.82) is 0 Å². The number of carbonyl (C=O) groups excluding carboxylic acids is 1. The second-order valence-corrected chi connectivity index (χ2v) is 3.09. The minimum absolute atomic E-state index is 0. The van der Waals surface area contributed by atoms with Crippen molar-refractivity contribution in [2.75, 3.05) is 12.0 Å². The first-order valence-corrected chi connectivity index (χ1v) is 4.66. The van der Waals surface area contributed by atoms with Crippen LogP contribution in [0.25, 0.3) is 0 Å². The number of halogens is 1. The van der Waals surface area contributed by atoms with Gasteiger partial charge in [-0.25, -0.2) is 0 Å². The van der Waals surface area contributed by atoms with E-state index in [4.69, 9.17) is 0 Å². The lowest BCUT2D eigenvalue weighted by Gasteiger charge is -2.08. The second-order valence-electron chi connectivity index (χ2n) is 3.09. The minimum Gasteiger partial charge on any atom is -0.372 e. The zero-order valence-electron chi connectivity index (χ0n) is 8.51. The molecule has 0 saturated heterocycles. The maximum absolute atomic E-state index is 11.7. The quantitative estimate of drug-likeness (QED) is 0.820. The Labute approximate surface area is 99.9 Å². The Hall–Kier alpha value is -1.81. The van der Waals surface area contributed by atoms with Crippen LogP contribution in [0.3, 0.4) is 0 Å². The molecule has 2 N–H and O–H groups in total. The van der Waals surface area contributed by atoms with Gasteiger partial charge in [0.05, 0.1) is 5.57 Å². The van der Waals surface area contributed by atoms with Crippen LogP contribution in [0.5, 0.6) is 0 Å². The molecule has 1 aliphatic heterocycles. The molecule has 1 heterocycles. The fourth-order valence-corrected chi connectivity index (χ4v) is 1.24. The van der Waals surface area contributed by atoms with Gasteiger partial charge >= 0.3 is 0 Å². The van der Waals surface area contributed by atoms with Gasteiger partial charge in [0.15, 0.2) is 0 Å². The van der Waals surface area contributed by atoms with Crippen molar-refractivity contribution in [2.24, 2.45) is 4.99 Å². The van der Waals surface area contributed by atoms with Gasteiger partial charge in [0.2, 0.25) is 0 Å². The lowest BCUT2D eigenvalue weighted by atomic mass is 10.2. The van der Waals surface area contributed by atoms with Crippen LogP contribution in [0.1, 0.15) is 0 Å². The molecule has 16 heavy (non-hydrogen) atoms. The summed E-state index contributed by atoms with van der Waals surface area (Å²) in [6.07, 6.45) is 3.22. The maximum Gasteiger partial charge on any atom is 0.258 e. The Kier molecular flexibility index (Phi) is 4.54. The summed E-state index contributed by atoms with van der Waals surface area (Å²) in [6.45, 7) is 0.530. The maximum atomic E-state index is 11.7. The highest BCUT2D eigenvalue weighted by atomic mass is 35.5. The van der Waals surface area contributed by atoms with E-state index >= 15 is 0 Å². The van der Waals surface area contributed by atoms with Gasteiger partial charge in [0.1, 0.15) is 6.67 Å². The summed E-state index contributed by atoms with van der Waals surface area (Å²) in [5.74, 6) is -0.155. The average Bonchev–Trinajstić information content (AvgIpc) is 2.31. The Morgan fingerprint density at radius 1 is 1.31 bits per heavy atom. The van der Waals surface area contributed by atoms with E-state index in [1.807, 2.05) is 30.3 Å². The number of nitrogens with one attached hydrogen (secondary N) is 2. The van der Waals surface area contributed by atoms with Gasteiger partial charge in [-0.2, -0.15) is 0 Å². The largest absolute Gasteiger partial charge is 0.372 e. The molecule has 0 spiro atoms. The number of benzene rings is 1. The van der Waals surface area contributed by atoms with E-state index in [1.54, 1.807) is 12.4 Å². The fraction of sp³-hybridized carbons (Fsp3) is 0.0909. The number of carbonyl (C=O) groups is 1. The molecule has 0 fully saturated rings. The summed E-state index contributed by atoms with van der Waals surface area (Å²) in [4.78, 5) is 15.6. The summed E-state index contributed by atoms with van der Waals surface area (Å²) < 4.78 is 0. The number of rotatable bonds is 2. The third-order valence-electron chi connectivity index (χ3n) is 1.96. The van der Waals surface area contributed by atoms with E-state index in [9.17, 15) is 4.79 Å². The average molecular weight is 238 g/mol. The molecule has 2 rings (SSSR count). The zero-order chi connectivity index (χ0) is 10.5. The molecule has 4 nitrogen and oxygen atoms in total. The monoisotopic (exact) mass is 237 g/mol. The number of amides is 1. The molecule has 0 radical (unpaired) electrons. The molecule has 0 aromatic heterocycles. The summed E-state index contributed by atoms with van der Waals surface area (Å²) >= 11 is 0. The van der Waals surface area contributed by atoms with Gasteiger partial charge in [-0.3, -0.25) is 9.79 Å². The molecule has 1 amide bonds. The lowest BCUT2D eigenvalue weighted by molar-refractivity contribution is -0.112. The third kappa shape index (κ3) is 3.10. The molecular weight excluding hydrogens is 226 g/mol. The van der Waals surface area contributed by atoms with Crippen LogP contribution in [-0.4, -0.2) is 18.8 Å². The molecule has 0 bridgehead atoms. The van der Waals surface area contributed by atoms with Crippen LogP contribution >= 0.6 is 12.4 Å². The smallest absolute Gasteiger partial charge is 0.258 e. The van der Waals surface area contributed by atoms with E-state index in [-0.39, 0.29) is 18.3 Å². The molecule has 1 aliphatic rings. The predicted molar refractivity (Wildman–Crippen MR) is 66.9 cm³/mol. The van der Waals surface area contributed by atoms with Gasteiger partial charge in [-0.1, -0.05) is 18.2 Å². The predicted octanol–water partition coefficient (Wildman–Crippen LogP) is 1.56. The first kappa shape index (κ1) is 12.3. The molecule has 5 heteroatoms. The van der Waals surface area contributed by atoms with E-state index in [1.165, 1.54) is 0 Å². The Morgan fingerprint density at radius 3 is 2.69 bits per heavy atom. The van der Waals surface area contributed by atoms with Crippen LogP contribution in [0.2, 0.25) is 0 Å². The van der Waals surface area contributed by atoms with Crippen molar-refractivity contribution in [3.05, 3.63) is 42.1 Å². The summed E-state index contributed by atoms with van der Waals surface area (Å²) in [7, 11) is 0. The molecular formula is C11H12ClN3O. The number of hydrogen-bond acceptors (Lipinski definition) is 3. The first-order chi connectivity index (χ1) is 7.36. The number of anilines is 1. The fourth-order valence-electron chi connectivity index (χ4n) is 1.24. The van der Waals surface area contributed by atoms with Crippen LogP contribution in [0.15, 0.2) is 47.1 Å². The molecule has 84 valence electrons. The summed E-state index contributed by atoms with van der Waals surface area (Å²) in [6, 6.07) is 9.32. The first-order valence-electron chi connectivity index (χ1n) is 4.66. The van der Waals surface area contributed by atoms with Crippen molar-refractivity contribution in [3.8, 4) is 0 Å². The normalized spacial score (nSPS) is 13.1. The van der Waals surface area contributed by atoms with Crippen LogP contribution in [0, 0.1) is 0 Å². The Bertz CT molecular complexity index is 414. The van der Waals surface area contributed by atoms with Gasteiger partial charge in [0, 0.05) is 18.1 Å². The van der Waals surface area contributed by atoms with E-state index in [0.717, 1.165) is 5.69 Å². The zero-order valence-corrected chi connectivity index (χ0v) is 9.33. The van der Waals surface area contributed by atoms with Crippen molar-refractivity contribution >= 4 is 30.2 Å². The SMILES string of the molecule is Cl.O=C(Nc1ccccc1)C1=CNCN=C1. The van der Waals surface area contributed by atoms with Crippen molar-refractivity contribution in [3.63, 3.8) is 0 Å². The van der Waals surface area contributed by atoms with Gasteiger partial charge < -0.3 is 10.6 Å². The highest BCUT2D eigenvalue weighted by molar-refractivity contribution is 6.17. The highest BCUT2D eigenvalue weighted by Crippen LogP contribution is 2.06. The standard InChI is InChI=1S/C11H11N3O.ClH/c15-11(9-6-12-8-13-7-9)14-10-4-2-1-3-5-10;/h1-7,12H,8H2,(H,14,15);1H. The number of para-hydroxylation sites is 1. The Morgan fingerprint density at radius 2 is 2.06 bits per heavy atom. The van der Waals surface area contributed by atoms with Crippen LogP contribution in [-0.2, 0) is 4.79 Å². The second kappa shape index (κ2) is 5.92. The molecule has 1 aromatic carbocycles. The minimum atomic E-state index is -0.155. The number of hydrogen-bond donors (Lipinski definition) is 2. The lowest BCUT2D eigenvalue weighted by Crippen LogP contribution is -2.21. The van der Waals surface area contributed by atoms with E-state index < -0.39 is 0 Å². The topological polar surface area (TPSA) is 53.5 Å². The van der Waals surface area contributed by atoms with E-state index in [0.29, 0.717) is 12.2 Å². The molecule has 0 aliphatic carbocycles. The molecule has 1 aromatic rings. The summed E-state index contributed by atoms with van der Waals surface area (Å²) in [5.41, 5.74) is 1.31.